The smallest absolute Gasteiger partial charge is 0.311 e. The molecule has 33 heavy (non-hydrogen) atoms. The number of hydrogen-bond acceptors (Lipinski definition) is 7. The van der Waals surface area contributed by atoms with Gasteiger partial charge in [0.15, 0.2) is 0 Å². The minimum Gasteiger partial charge on any atom is -0.395 e. The second-order valence-electron chi connectivity index (χ2n) is 7.05. The summed E-state index contributed by atoms with van der Waals surface area (Å²) in [5.74, 6) is -0.0685. The number of rotatable bonds is 10. The zero-order chi connectivity index (χ0) is 24.0. The van der Waals surface area contributed by atoms with E-state index in [4.69, 9.17) is 34.0 Å². The van der Waals surface area contributed by atoms with E-state index in [9.17, 15) is 14.9 Å². The van der Waals surface area contributed by atoms with Gasteiger partial charge in [-0.2, -0.15) is 0 Å². The van der Waals surface area contributed by atoms with Crippen molar-refractivity contribution in [3.63, 3.8) is 0 Å². The third kappa shape index (κ3) is 6.13. The standard InChI is InChI=1S/C21H22Cl2N6O4/c22-14-2-3-15(16(23)11-14)13-10-18(21(31)26-7-9-30)28(12-13)8-1-6-25-19-5-4-17(29(32)33)20(24)27-19/h2-5,10-12,30H,1,6-9H2,(H,26,31)(H3,24,25,27). The highest BCUT2D eigenvalue weighted by atomic mass is 35.5. The predicted octanol–water partition coefficient (Wildman–Crippen LogP) is 3.57. The number of nitrogens with one attached hydrogen (secondary N) is 2. The summed E-state index contributed by atoms with van der Waals surface area (Å²) in [6.07, 6.45) is 2.44. The number of anilines is 2. The number of pyridine rings is 1. The summed E-state index contributed by atoms with van der Waals surface area (Å²) in [6, 6.07) is 9.65. The van der Waals surface area contributed by atoms with E-state index in [1.165, 1.54) is 12.1 Å². The molecule has 0 aliphatic carbocycles. The van der Waals surface area contributed by atoms with Gasteiger partial charge in [0.05, 0.1) is 11.5 Å². The summed E-state index contributed by atoms with van der Waals surface area (Å²) in [7, 11) is 0. The van der Waals surface area contributed by atoms with Crippen molar-refractivity contribution in [2.45, 2.75) is 13.0 Å². The van der Waals surface area contributed by atoms with Crippen molar-refractivity contribution in [1.82, 2.24) is 14.9 Å². The number of benzene rings is 1. The molecular weight excluding hydrogens is 471 g/mol. The number of nitrogens with two attached hydrogens (primary N) is 1. The third-order valence-electron chi connectivity index (χ3n) is 4.75. The van der Waals surface area contributed by atoms with Gasteiger partial charge < -0.3 is 26.0 Å². The first kappa shape index (κ1) is 24.3. The molecule has 2 heterocycles. The molecule has 0 saturated heterocycles. The van der Waals surface area contributed by atoms with E-state index in [0.717, 1.165) is 11.1 Å². The van der Waals surface area contributed by atoms with Crippen LogP contribution in [-0.4, -0.2) is 45.2 Å². The number of carbonyl (C=O) groups is 1. The maximum absolute atomic E-state index is 12.6. The Balaban J connectivity index is 1.72. The number of halogens is 2. The highest BCUT2D eigenvalue weighted by Gasteiger charge is 2.16. The zero-order valence-electron chi connectivity index (χ0n) is 17.4. The van der Waals surface area contributed by atoms with Gasteiger partial charge in [0.2, 0.25) is 5.82 Å². The molecule has 3 aromatic rings. The minimum absolute atomic E-state index is 0.135. The Morgan fingerprint density at radius 3 is 2.67 bits per heavy atom. The van der Waals surface area contributed by atoms with E-state index in [2.05, 4.69) is 15.6 Å². The van der Waals surface area contributed by atoms with Crippen molar-refractivity contribution in [2.24, 2.45) is 0 Å². The van der Waals surface area contributed by atoms with Gasteiger partial charge in [0, 0.05) is 53.1 Å². The second kappa shape index (κ2) is 11.0. The molecule has 2 aromatic heterocycles. The number of hydrogen-bond donors (Lipinski definition) is 4. The number of aliphatic hydroxyl groups excluding tert-OH is 1. The molecule has 12 heteroatoms. The summed E-state index contributed by atoms with van der Waals surface area (Å²) in [6.45, 7) is 0.938. The summed E-state index contributed by atoms with van der Waals surface area (Å²) < 4.78 is 1.80. The first-order chi connectivity index (χ1) is 15.8. The average Bonchev–Trinajstić information content (AvgIpc) is 3.18. The molecule has 0 aliphatic heterocycles. The first-order valence-electron chi connectivity index (χ1n) is 9.99. The number of nitrogens with zero attached hydrogens (tertiary/aromatic N) is 3. The number of aromatic nitrogens is 2. The van der Waals surface area contributed by atoms with Crippen LogP contribution in [0.5, 0.6) is 0 Å². The Hall–Kier alpha value is -3.34. The van der Waals surface area contributed by atoms with Gasteiger partial charge >= 0.3 is 5.69 Å². The molecule has 1 aromatic carbocycles. The van der Waals surface area contributed by atoms with Crippen molar-refractivity contribution in [2.75, 3.05) is 30.7 Å². The van der Waals surface area contributed by atoms with Gasteiger partial charge in [-0.15, -0.1) is 0 Å². The second-order valence-corrected chi connectivity index (χ2v) is 7.89. The molecule has 5 N–H and O–H groups in total. The Morgan fingerprint density at radius 1 is 1.21 bits per heavy atom. The Bertz CT molecular complexity index is 1170. The van der Waals surface area contributed by atoms with Gasteiger partial charge in [0.25, 0.3) is 5.91 Å². The Kier molecular flexibility index (Phi) is 8.10. The van der Waals surface area contributed by atoms with Crippen LogP contribution in [-0.2, 0) is 6.54 Å². The summed E-state index contributed by atoms with van der Waals surface area (Å²) in [4.78, 5) is 26.8. The largest absolute Gasteiger partial charge is 0.395 e. The van der Waals surface area contributed by atoms with Crippen molar-refractivity contribution >= 4 is 46.4 Å². The Labute approximate surface area is 199 Å². The fraction of sp³-hybridized carbons (Fsp3) is 0.238. The molecular formula is C21H22Cl2N6O4. The minimum atomic E-state index is -0.591. The van der Waals surface area contributed by atoms with Crippen molar-refractivity contribution in [3.8, 4) is 11.1 Å². The van der Waals surface area contributed by atoms with E-state index >= 15 is 0 Å². The van der Waals surface area contributed by atoms with E-state index in [-0.39, 0.29) is 30.6 Å². The highest BCUT2D eigenvalue weighted by Crippen LogP contribution is 2.31. The van der Waals surface area contributed by atoms with Crippen LogP contribution in [0.15, 0.2) is 42.6 Å². The van der Waals surface area contributed by atoms with Crippen LogP contribution in [0.25, 0.3) is 11.1 Å². The summed E-state index contributed by atoms with van der Waals surface area (Å²) in [5.41, 5.74) is 7.27. The molecule has 0 spiro atoms. The third-order valence-corrected chi connectivity index (χ3v) is 5.30. The SMILES string of the molecule is Nc1nc(NCCCn2cc(-c3ccc(Cl)cc3Cl)cc2C(=O)NCCO)ccc1[N+](=O)[O-]. The lowest BCUT2D eigenvalue weighted by Crippen LogP contribution is -2.28. The number of nitro groups is 1. The molecule has 10 nitrogen and oxygen atoms in total. The lowest BCUT2D eigenvalue weighted by Gasteiger charge is -2.10. The van der Waals surface area contributed by atoms with E-state index in [0.29, 0.717) is 41.1 Å². The van der Waals surface area contributed by atoms with Gasteiger partial charge in [0.1, 0.15) is 11.5 Å². The van der Waals surface area contributed by atoms with Gasteiger partial charge in [-0.1, -0.05) is 29.3 Å². The van der Waals surface area contributed by atoms with E-state index < -0.39 is 4.92 Å². The zero-order valence-corrected chi connectivity index (χ0v) is 18.9. The predicted molar refractivity (Wildman–Crippen MR) is 128 cm³/mol. The van der Waals surface area contributed by atoms with Crippen LogP contribution in [0.1, 0.15) is 16.9 Å². The van der Waals surface area contributed by atoms with Crippen LogP contribution in [0, 0.1) is 10.1 Å². The molecule has 0 bridgehead atoms. The van der Waals surface area contributed by atoms with Gasteiger partial charge in [-0.05, 0) is 30.7 Å². The topological polar surface area (TPSA) is 148 Å². The maximum atomic E-state index is 12.6. The number of aliphatic hydroxyl groups is 1. The normalized spacial score (nSPS) is 10.8. The average molecular weight is 493 g/mol. The lowest BCUT2D eigenvalue weighted by atomic mass is 10.1. The van der Waals surface area contributed by atoms with Crippen LogP contribution in [0.4, 0.5) is 17.3 Å². The Morgan fingerprint density at radius 2 is 2.00 bits per heavy atom. The molecule has 0 fully saturated rings. The number of carbonyl (C=O) groups excluding carboxylic acids is 1. The molecule has 0 unspecified atom stereocenters. The summed E-state index contributed by atoms with van der Waals surface area (Å²) in [5, 5.41) is 26.6. The molecule has 0 radical (unpaired) electrons. The quantitative estimate of drug-likeness (QED) is 0.192. The van der Waals surface area contributed by atoms with E-state index in [1.54, 1.807) is 28.8 Å². The molecule has 0 aliphatic rings. The van der Waals surface area contributed by atoms with Gasteiger partial charge in [-0.3, -0.25) is 14.9 Å². The van der Waals surface area contributed by atoms with E-state index in [1.807, 2.05) is 6.20 Å². The van der Waals surface area contributed by atoms with Crippen molar-refractivity contribution in [1.29, 1.82) is 0 Å². The number of nitrogen functional groups attached to an aromatic ring is 1. The van der Waals surface area contributed by atoms with Crippen LogP contribution in [0.2, 0.25) is 10.0 Å². The van der Waals surface area contributed by atoms with Crippen molar-refractivity contribution in [3.05, 3.63) is 68.4 Å². The highest BCUT2D eigenvalue weighted by molar-refractivity contribution is 6.36. The molecule has 3 rings (SSSR count). The van der Waals surface area contributed by atoms with Crippen LogP contribution >= 0.6 is 23.2 Å². The first-order valence-corrected chi connectivity index (χ1v) is 10.7. The number of amides is 1. The molecule has 174 valence electrons. The monoisotopic (exact) mass is 492 g/mol. The summed E-state index contributed by atoms with van der Waals surface area (Å²) >= 11 is 12.3. The van der Waals surface area contributed by atoms with Crippen LogP contribution in [0.3, 0.4) is 0 Å². The van der Waals surface area contributed by atoms with Crippen molar-refractivity contribution < 1.29 is 14.8 Å². The fourth-order valence-electron chi connectivity index (χ4n) is 3.20. The van der Waals surface area contributed by atoms with Crippen LogP contribution < -0.4 is 16.4 Å². The maximum Gasteiger partial charge on any atom is 0.311 e. The molecule has 0 saturated carbocycles. The van der Waals surface area contributed by atoms with Gasteiger partial charge in [-0.25, -0.2) is 4.98 Å². The molecule has 0 atom stereocenters. The lowest BCUT2D eigenvalue weighted by molar-refractivity contribution is -0.384. The number of aryl methyl sites for hydroxylation is 1. The fourth-order valence-corrected chi connectivity index (χ4v) is 3.72. The molecule has 1 amide bonds.